The number of thioether (sulfide) groups is 1. The molecule has 0 radical (unpaired) electrons. The maximum absolute atomic E-state index is 13.4. The van der Waals surface area contributed by atoms with E-state index in [1.807, 2.05) is 68.5 Å². The lowest BCUT2D eigenvalue weighted by atomic mass is 10.1. The summed E-state index contributed by atoms with van der Waals surface area (Å²) in [4.78, 5) is 20.3. The first-order chi connectivity index (χ1) is 18.9. The number of ether oxygens (including phenoxy) is 3. The molecule has 204 valence electrons. The molecule has 0 spiro atoms. The number of carbonyl (C=O) groups excluding carboxylic acids is 1. The van der Waals surface area contributed by atoms with E-state index in [9.17, 15) is 4.79 Å². The van der Waals surface area contributed by atoms with Crippen molar-refractivity contribution in [3.05, 3.63) is 91.2 Å². The van der Waals surface area contributed by atoms with Gasteiger partial charge >= 0.3 is 0 Å². The third-order valence-electron chi connectivity index (χ3n) is 5.55. The van der Waals surface area contributed by atoms with E-state index in [2.05, 4.69) is 15.9 Å². The van der Waals surface area contributed by atoms with Crippen molar-refractivity contribution in [3.8, 4) is 11.5 Å². The monoisotopic (exact) mass is 648 g/mol. The number of amidine groups is 1. The van der Waals surface area contributed by atoms with Crippen molar-refractivity contribution < 1.29 is 19.0 Å². The van der Waals surface area contributed by atoms with Crippen LogP contribution in [-0.2, 0) is 16.1 Å². The predicted octanol–water partition coefficient (Wildman–Crippen LogP) is 8.37. The number of amides is 1. The Kier molecular flexibility index (Phi) is 10.8. The maximum atomic E-state index is 13.4. The van der Waals surface area contributed by atoms with Gasteiger partial charge in [-0.3, -0.25) is 9.69 Å². The molecule has 1 fully saturated rings. The normalized spacial score (nSPS) is 15.4. The molecule has 0 bridgehead atoms. The largest absolute Gasteiger partial charge is 0.490 e. The second kappa shape index (κ2) is 14.2. The summed E-state index contributed by atoms with van der Waals surface area (Å²) in [6, 6.07) is 18.6. The SMILES string of the molecule is CCOCCN1C(=O)/C(=C/c2cc(Br)c(OCc3ccc(Cl)cc3Cl)c(OCC)c2)SC1=Nc1ccccc1. The van der Waals surface area contributed by atoms with Crippen molar-refractivity contribution in [2.24, 2.45) is 4.99 Å². The van der Waals surface area contributed by atoms with Crippen LogP contribution >= 0.6 is 50.9 Å². The highest BCUT2D eigenvalue weighted by molar-refractivity contribution is 9.10. The van der Waals surface area contributed by atoms with E-state index in [-0.39, 0.29) is 12.5 Å². The smallest absolute Gasteiger partial charge is 0.266 e. The van der Waals surface area contributed by atoms with Crippen LogP contribution in [0.5, 0.6) is 11.5 Å². The molecule has 39 heavy (non-hydrogen) atoms. The van der Waals surface area contributed by atoms with Crippen molar-refractivity contribution in [3.63, 3.8) is 0 Å². The highest BCUT2D eigenvalue weighted by atomic mass is 79.9. The topological polar surface area (TPSA) is 60.4 Å². The number of hydrogen-bond acceptors (Lipinski definition) is 6. The van der Waals surface area contributed by atoms with E-state index in [0.29, 0.717) is 62.5 Å². The quantitative estimate of drug-likeness (QED) is 0.154. The van der Waals surface area contributed by atoms with E-state index in [1.54, 1.807) is 17.0 Å². The molecule has 0 aromatic heterocycles. The average molecular weight is 650 g/mol. The summed E-state index contributed by atoms with van der Waals surface area (Å²) in [5, 5.41) is 1.70. The molecule has 1 aliphatic rings. The third-order valence-corrected chi connectivity index (χ3v) is 7.73. The number of carbonyl (C=O) groups is 1. The summed E-state index contributed by atoms with van der Waals surface area (Å²) in [5.74, 6) is 0.965. The summed E-state index contributed by atoms with van der Waals surface area (Å²) in [7, 11) is 0. The van der Waals surface area contributed by atoms with Gasteiger partial charge in [-0.15, -0.1) is 0 Å². The molecule has 0 aliphatic carbocycles. The Morgan fingerprint density at radius 1 is 1.03 bits per heavy atom. The molecule has 1 saturated heterocycles. The van der Waals surface area contributed by atoms with Gasteiger partial charge in [-0.2, -0.15) is 0 Å². The second-order valence-corrected chi connectivity index (χ2v) is 11.0. The number of para-hydroxylation sites is 1. The van der Waals surface area contributed by atoms with Crippen molar-refractivity contribution in [2.45, 2.75) is 20.5 Å². The minimum atomic E-state index is -0.124. The maximum Gasteiger partial charge on any atom is 0.266 e. The zero-order valence-corrected chi connectivity index (χ0v) is 25.4. The van der Waals surface area contributed by atoms with Gasteiger partial charge in [0.1, 0.15) is 6.61 Å². The van der Waals surface area contributed by atoms with Crippen LogP contribution in [0, 0.1) is 0 Å². The Balaban J connectivity index is 1.61. The van der Waals surface area contributed by atoms with Crippen LogP contribution in [0.25, 0.3) is 6.08 Å². The number of aliphatic imine (C=N–C) groups is 1. The first-order valence-corrected chi connectivity index (χ1v) is 14.7. The van der Waals surface area contributed by atoms with Crippen LogP contribution in [0.1, 0.15) is 25.0 Å². The molecule has 10 heteroatoms. The molecule has 6 nitrogen and oxygen atoms in total. The van der Waals surface area contributed by atoms with Gasteiger partial charge in [0.25, 0.3) is 5.91 Å². The van der Waals surface area contributed by atoms with Crippen LogP contribution in [0.3, 0.4) is 0 Å². The van der Waals surface area contributed by atoms with E-state index in [4.69, 9.17) is 42.4 Å². The van der Waals surface area contributed by atoms with Gasteiger partial charge in [-0.05, 0) is 89.6 Å². The van der Waals surface area contributed by atoms with Gasteiger partial charge in [0, 0.05) is 22.2 Å². The minimum Gasteiger partial charge on any atom is -0.490 e. The lowest BCUT2D eigenvalue weighted by Gasteiger charge is -2.16. The number of benzene rings is 3. The zero-order chi connectivity index (χ0) is 27.8. The van der Waals surface area contributed by atoms with E-state index < -0.39 is 0 Å². The summed E-state index contributed by atoms with van der Waals surface area (Å²) in [5.41, 5.74) is 2.36. The molecular weight excluding hydrogens is 623 g/mol. The van der Waals surface area contributed by atoms with Crippen LogP contribution in [0.2, 0.25) is 10.0 Å². The van der Waals surface area contributed by atoms with Gasteiger partial charge in [0.05, 0.1) is 34.8 Å². The summed E-state index contributed by atoms with van der Waals surface area (Å²) in [6.45, 7) is 5.92. The first kappa shape index (κ1) is 29.5. The summed E-state index contributed by atoms with van der Waals surface area (Å²) >= 11 is 17.3. The fourth-order valence-electron chi connectivity index (χ4n) is 3.72. The van der Waals surface area contributed by atoms with Crippen LogP contribution in [0.4, 0.5) is 5.69 Å². The van der Waals surface area contributed by atoms with Gasteiger partial charge in [-0.1, -0.05) is 47.5 Å². The lowest BCUT2D eigenvalue weighted by Crippen LogP contribution is -2.32. The van der Waals surface area contributed by atoms with E-state index >= 15 is 0 Å². The molecule has 0 unspecified atom stereocenters. The Labute approximate surface area is 251 Å². The Morgan fingerprint density at radius 3 is 2.54 bits per heavy atom. The molecule has 0 saturated carbocycles. The highest BCUT2D eigenvalue weighted by Gasteiger charge is 2.33. The van der Waals surface area contributed by atoms with Gasteiger partial charge < -0.3 is 14.2 Å². The van der Waals surface area contributed by atoms with Crippen molar-refractivity contribution in [1.29, 1.82) is 0 Å². The molecule has 1 amide bonds. The Morgan fingerprint density at radius 2 is 1.82 bits per heavy atom. The molecule has 0 N–H and O–H groups in total. The molecule has 3 aromatic carbocycles. The van der Waals surface area contributed by atoms with Crippen molar-refractivity contribution in [1.82, 2.24) is 4.90 Å². The first-order valence-electron chi connectivity index (χ1n) is 12.4. The second-order valence-electron chi connectivity index (χ2n) is 8.28. The van der Waals surface area contributed by atoms with Gasteiger partial charge in [0.15, 0.2) is 16.7 Å². The molecule has 0 atom stereocenters. The van der Waals surface area contributed by atoms with E-state index in [1.165, 1.54) is 11.8 Å². The highest BCUT2D eigenvalue weighted by Crippen LogP contribution is 2.40. The molecule has 1 heterocycles. The third kappa shape index (κ3) is 7.80. The number of hydrogen-bond donors (Lipinski definition) is 0. The van der Waals surface area contributed by atoms with Crippen LogP contribution in [-0.4, -0.2) is 42.3 Å². The molecule has 3 aromatic rings. The number of nitrogens with zero attached hydrogens (tertiary/aromatic N) is 2. The molecule has 4 rings (SSSR count). The van der Waals surface area contributed by atoms with E-state index in [0.717, 1.165) is 16.8 Å². The van der Waals surface area contributed by atoms with Gasteiger partial charge in [-0.25, -0.2) is 4.99 Å². The van der Waals surface area contributed by atoms with Crippen LogP contribution < -0.4 is 9.47 Å². The Bertz CT molecular complexity index is 1390. The molecular formula is C29H27BrCl2N2O4S. The molecule has 1 aliphatic heterocycles. The number of halogens is 3. The summed E-state index contributed by atoms with van der Waals surface area (Å²) in [6.07, 6.45) is 1.83. The predicted molar refractivity (Wildman–Crippen MR) is 163 cm³/mol. The fraction of sp³-hybridized carbons (Fsp3) is 0.241. The van der Waals surface area contributed by atoms with Crippen molar-refractivity contribution >= 4 is 73.7 Å². The van der Waals surface area contributed by atoms with Crippen molar-refractivity contribution in [2.75, 3.05) is 26.4 Å². The Hall–Kier alpha value is -2.49. The van der Waals surface area contributed by atoms with Crippen LogP contribution in [0.15, 0.2) is 75.0 Å². The zero-order valence-electron chi connectivity index (χ0n) is 21.5. The standard InChI is InChI=1S/C29H27BrCl2N2O4S/c1-3-36-13-12-34-28(35)26(39-29(34)33-22-8-6-5-7-9-22)16-19-14-23(30)27(25(15-19)37-4-2)38-18-20-10-11-21(31)17-24(20)32/h5-11,14-17H,3-4,12-13,18H2,1-2H3/b26-16-,33-29?. The fourth-order valence-corrected chi connectivity index (χ4v) is 5.78. The minimum absolute atomic E-state index is 0.124. The number of rotatable bonds is 11. The lowest BCUT2D eigenvalue weighted by molar-refractivity contribution is -0.122. The average Bonchev–Trinajstić information content (AvgIpc) is 3.19. The summed E-state index contributed by atoms with van der Waals surface area (Å²) < 4.78 is 18.2. The van der Waals surface area contributed by atoms with Gasteiger partial charge in [0.2, 0.25) is 0 Å².